The van der Waals surface area contributed by atoms with Crippen LogP contribution >= 0.6 is 55.4 Å². The van der Waals surface area contributed by atoms with Gasteiger partial charge in [0, 0.05) is 34.1 Å². The van der Waals surface area contributed by atoms with Gasteiger partial charge in [-0.2, -0.15) is 4.90 Å². The monoisotopic (exact) mass is 1130 g/mol. The average Bonchev–Trinajstić information content (AvgIpc) is 3.96. The van der Waals surface area contributed by atoms with E-state index in [2.05, 4.69) is 31.9 Å². The van der Waals surface area contributed by atoms with Crippen LogP contribution in [0.5, 0.6) is 0 Å². The summed E-state index contributed by atoms with van der Waals surface area (Å²) in [5.41, 5.74) is -0.843. The maximum absolute atomic E-state index is 13.1. The smallest absolute Gasteiger partial charge is 0.780 e. The Labute approximate surface area is 449 Å². The number of carboxylic acid groups (broad SMARTS) is 2. The molecule has 0 unspecified atom stereocenters. The second-order valence-corrected chi connectivity index (χ2v) is 18.6. The van der Waals surface area contributed by atoms with Crippen molar-refractivity contribution in [1.29, 1.82) is 0 Å². The van der Waals surface area contributed by atoms with Crippen LogP contribution in [0.15, 0.2) is 185 Å². The maximum Gasteiger partial charge on any atom is 1.00 e. The summed E-state index contributed by atoms with van der Waals surface area (Å²) in [5.74, 6) is -8.00. The maximum atomic E-state index is 13.1. The first-order valence-electron chi connectivity index (χ1n) is 19.6. The standard InChI is InChI=1S/C27H16N2O6S2.C15H6Br2N2O6.C6H6S.Na/c30-23-14-21(36-19-7-3-1-4-8-19)25(32)28(23)17-11-16(27(34)35)12-18(13-17)29-24(31)15-22(26(29)33)37-20-9-5-2-6-10-20;16-9-4-11(20)18(13(9)22)7-1-6(15(24)25)2-8(3-7)19-12(21)5-10(17)14(19)23;7-6-4-2-1-3-5-6;/h1-15H,(H,34,35);1-5H,(H,24,25);1-5,7H;/q;;;+1/p-1. The largest absolute Gasteiger partial charge is 1.00 e. The molecule has 4 heterocycles. The number of thioether (sulfide) groups is 2. The van der Waals surface area contributed by atoms with Gasteiger partial charge in [-0.3, -0.25) is 38.4 Å². The van der Waals surface area contributed by atoms with Crippen molar-refractivity contribution in [2.45, 2.75) is 14.7 Å². The van der Waals surface area contributed by atoms with Gasteiger partial charge in [-0.05, 0) is 92.5 Å². The zero-order valence-electron chi connectivity index (χ0n) is 35.7. The first-order valence-corrected chi connectivity index (χ1v) is 23.2. The topological polar surface area (TPSA) is 224 Å². The Morgan fingerprint density at radius 1 is 0.429 bits per heavy atom. The van der Waals surface area contributed by atoms with Crippen molar-refractivity contribution in [3.05, 3.63) is 182 Å². The molecule has 0 aliphatic carbocycles. The van der Waals surface area contributed by atoms with Gasteiger partial charge in [0.1, 0.15) is 0 Å². The minimum Gasteiger partial charge on any atom is -0.780 e. The van der Waals surface area contributed by atoms with E-state index in [1.165, 1.54) is 24.3 Å². The minimum atomic E-state index is -1.35. The van der Waals surface area contributed by atoms with E-state index in [0.29, 0.717) is 0 Å². The van der Waals surface area contributed by atoms with Crippen LogP contribution < -0.4 is 49.2 Å². The fourth-order valence-electron chi connectivity index (χ4n) is 6.51. The van der Waals surface area contributed by atoms with Crippen molar-refractivity contribution in [3.8, 4) is 0 Å². The van der Waals surface area contributed by atoms with Crippen LogP contribution in [0, 0.1) is 0 Å². The molecule has 0 saturated carbocycles. The quantitative estimate of drug-likeness (QED) is 0.109. The molecule has 4 aliphatic heterocycles. The van der Waals surface area contributed by atoms with Gasteiger partial charge in [-0.25, -0.2) is 29.2 Å². The number of carboxylic acids is 2. The van der Waals surface area contributed by atoms with Gasteiger partial charge >= 0.3 is 41.5 Å². The van der Waals surface area contributed by atoms with E-state index in [4.69, 9.17) is 12.6 Å². The molecule has 0 aromatic heterocycles. The number of hydrogen-bond acceptors (Lipinski definition) is 13. The number of imide groups is 4. The van der Waals surface area contributed by atoms with E-state index >= 15 is 0 Å². The predicted octanol–water partition coefficient (Wildman–Crippen LogP) is 4.77. The van der Waals surface area contributed by atoms with E-state index in [-0.39, 0.29) is 82.2 Å². The summed E-state index contributed by atoms with van der Waals surface area (Å²) < 4.78 is 0.0232. The Hall–Kier alpha value is -6.56. The summed E-state index contributed by atoms with van der Waals surface area (Å²) in [5, 5.41) is 18.9. The van der Waals surface area contributed by atoms with E-state index in [0.717, 1.165) is 94.2 Å². The zero-order valence-corrected chi connectivity index (χ0v) is 43.3. The average molecular weight is 1130 g/mol. The molecule has 0 atom stereocenters. The van der Waals surface area contributed by atoms with E-state index in [1.807, 2.05) is 42.5 Å². The van der Waals surface area contributed by atoms with Crippen LogP contribution in [0.25, 0.3) is 0 Å². The van der Waals surface area contributed by atoms with Crippen molar-refractivity contribution >= 4 is 150 Å². The van der Waals surface area contributed by atoms with Gasteiger partial charge in [0.05, 0.1) is 52.7 Å². The summed E-state index contributed by atoms with van der Waals surface area (Å²) in [7, 11) is 0. The Bertz CT molecular complexity index is 3020. The number of carbonyl (C=O) groups is 10. The Balaban J connectivity index is 0.000000209. The van der Waals surface area contributed by atoms with Gasteiger partial charge in [-0.15, -0.1) is 0 Å². The Morgan fingerprint density at radius 2 is 0.714 bits per heavy atom. The number of carbonyl (C=O) groups excluding carboxylic acids is 8. The molecule has 16 nitrogen and oxygen atoms in total. The molecule has 70 heavy (non-hydrogen) atoms. The molecule has 9 rings (SSSR count). The molecule has 0 spiro atoms. The van der Waals surface area contributed by atoms with E-state index in [1.54, 1.807) is 48.5 Å². The number of halogens is 2. The predicted molar refractivity (Wildman–Crippen MR) is 264 cm³/mol. The first kappa shape index (κ1) is 52.8. The number of amides is 8. The van der Waals surface area contributed by atoms with Crippen molar-refractivity contribution in [2.24, 2.45) is 0 Å². The van der Waals surface area contributed by atoms with Gasteiger partial charge < -0.3 is 22.8 Å². The van der Waals surface area contributed by atoms with Gasteiger partial charge in [-0.1, -0.05) is 90.3 Å². The van der Waals surface area contributed by atoms with Crippen molar-refractivity contribution in [1.82, 2.24) is 0 Å². The molecule has 0 radical (unpaired) electrons. The summed E-state index contributed by atoms with van der Waals surface area (Å²) in [6.07, 6.45) is 4.43. The van der Waals surface area contributed by atoms with Crippen molar-refractivity contribution in [3.63, 3.8) is 0 Å². The molecule has 0 saturated heterocycles. The van der Waals surface area contributed by atoms with E-state index < -0.39 is 59.2 Å². The van der Waals surface area contributed by atoms with Crippen LogP contribution in [0.2, 0.25) is 0 Å². The fourth-order valence-corrected chi connectivity index (χ4v) is 9.18. The first-order chi connectivity index (χ1) is 32.9. The third-order valence-electron chi connectivity index (χ3n) is 9.55. The zero-order chi connectivity index (χ0) is 49.7. The van der Waals surface area contributed by atoms with Gasteiger partial charge in [0.25, 0.3) is 47.3 Å². The molecule has 0 fully saturated rings. The molecular weight excluding hydrogens is 1100 g/mol. The number of benzene rings is 5. The van der Waals surface area contributed by atoms with Crippen LogP contribution in [0.4, 0.5) is 22.7 Å². The number of anilines is 4. The summed E-state index contributed by atoms with van der Waals surface area (Å²) in [6, 6.07) is 34.6. The number of rotatable bonds is 10. The molecule has 22 heteroatoms. The van der Waals surface area contributed by atoms with Crippen molar-refractivity contribution < 1.29 is 87.7 Å². The summed E-state index contributed by atoms with van der Waals surface area (Å²) >= 11 is 12.9. The second kappa shape index (κ2) is 22.9. The third-order valence-corrected chi connectivity index (χ3v) is 13.0. The Morgan fingerprint density at radius 3 is 0.971 bits per heavy atom. The molecule has 0 bridgehead atoms. The summed E-state index contributed by atoms with van der Waals surface area (Å²) in [4.78, 5) is 129. The molecule has 2 N–H and O–H groups in total. The van der Waals surface area contributed by atoms with Crippen LogP contribution in [0.1, 0.15) is 20.7 Å². The van der Waals surface area contributed by atoms with Crippen LogP contribution in [0.3, 0.4) is 0 Å². The minimum absolute atomic E-state index is 0. The molecular formula is C48H27Br2N4NaO12S3. The summed E-state index contributed by atoms with van der Waals surface area (Å²) in [6.45, 7) is 0. The van der Waals surface area contributed by atoms with E-state index in [9.17, 15) is 58.2 Å². The fraction of sp³-hybridized carbons (Fsp3) is 0. The van der Waals surface area contributed by atoms with Crippen molar-refractivity contribution in [2.75, 3.05) is 19.6 Å². The molecule has 8 amide bonds. The van der Waals surface area contributed by atoms with Gasteiger partial charge in [0.2, 0.25) is 0 Å². The SMILES string of the molecule is O=C(O)c1cc(N2C(=O)C=C(Br)C2=O)cc(N2C(=O)C=C(Br)C2=O)c1.O=C(O)c1cc(N2C(=O)C=C(Sc3ccccc3)C2=O)cc(N2C(=O)C=C(Sc3ccccc3)C2=O)c1.[Na+].[S-]c1ccccc1. The number of aromatic carboxylic acids is 2. The normalized spacial score (nSPS) is 15.2. The third kappa shape index (κ3) is 11.9. The molecule has 5 aromatic rings. The second-order valence-electron chi connectivity index (χ2n) is 14.1. The Kier molecular flexibility index (Phi) is 17.3. The number of hydrogen-bond donors (Lipinski definition) is 2. The molecule has 4 aliphatic rings. The molecule has 5 aromatic carbocycles. The van der Waals surface area contributed by atoms with Crippen LogP contribution in [-0.4, -0.2) is 69.4 Å². The number of nitrogens with zero attached hydrogens (tertiary/aromatic N) is 4. The van der Waals surface area contributed by atoms with Crippen LogP contribution in [-0.2, 0) is 51.0 Å². The van der Waals surface area contributed by atoms with Gasteiger partial charge in [0.15, 0.2) is 0 Å². The molecule has 344 valence electrons.